The zero-order valence-corrected chi connectivity index (χ0v) is 11.7. The Hall–Kier alpha value is -2.04. The molecule has 0 atom stereocenters. The minimum absolute atomic E-state index is 0.137. The molecule has 2 N–H and O–H groups in total. The molecule has 0 spiro atoms. The van der Waals surface area contributed by atoms with Crippen molar-refractivity contribution in [3.8, 4) is 5.75 Å². The maximum atomic E-state index is 11.5. The number of rotatable bonds is 4. The molecule has 1 aromatic rings. The Morgan fingerprint density at radius 1 is 1.21 bits per heavy atom. The molecule has 0 aromatic heterocycles. The van der Waals surface area contributed by atoms with Crippen LogP contribution in [-0.2, 0) is 9.59 Å². The van der Waals surface area contributed by atoms with Crippen LogP contribution in [0.15, 0.2) is 18.2 Å². The zero-order valence-electron chi connectivity index (χ0n) is 11.7. The molecule has 0 bridgehead atoms. The van der Waals surface area contributed by atoms with E-state index in [1.165, 1.54) is 0 Å². The van der Waals surface area contributed by atoms with Gasteiger partial charge in [0.1, 0.15) is 5.75 Å². The van der Waals surface area contributed by atoms with Crippen molar-refractivity contribution < 1.29 is 14.3 Å². The van der Waals surface area contributed by atoms with Crippen LogP contribution in [0.5, 0.6) is 5.75 Å². The molecule has 0 heterocycles. The maximum Gasteiger partial charge on any atom is 0.276 e. The second-order valence-electron chi connectivity index (χ2n) is 4.75. The molecule has 1 aromatic carbocycles. The number of benzene rings is 1. The Balaban J connectivity index is 2.40. The quantitative estimate of drug-likeness (QED) is 0.810. The fourth-order valence-electron chi connectivity index (χ4n) is 1.42. The van der Waals surface area contributed by atoms with E-state index in [9.17, 15) is 9.59 Å². The van der Waals surface area contributed by atoms with Crippen LogP contribution >= 0.6 is 0 Å². The Kier molecular flexibility index (Phi) is 5.36. The number of hydrazine groups is 1. The second kappa shape index (κ2) is 6.78. The summed E-state index contributed by atoms with van der Waals surface area (Å²) < 4.78 is 5.38. The molecule has 0 saturated heterocycles. The van der Waals surface area contributed by atoms with Crippen molar-refractivity contribution in [3.63, 3.8) is 0 Å². The summed E-state index contributed by atoms with van der Waals surface area (Å²) in [7, 11) is 0. The molecular weight excluding hydrogens is 244 g/mol. The normalized spacial score (nSPS) is 10.2. The third-order valence-corrected chi connectivity index (χ3v) is 2.54. The Morgan fingerprint density at radius 3 is 2.47 bits per heavy atom. The van der Waals surface area contributed by atoms with Crippen molar-refractivity contribution in [3.05, 3.63) is 29.3 Å². The van der Waals surface area contributed by atoms with Crippen molar-refractivity contribution in [2.75, 3.05) is 6.61 Å². The predicted octanol–water partition coefficient (Wildman–Crippen LogP) is 1.49. The summed E-state index contributed by atoms with van der Waals surface area (Å²) >= 11 is 0. The highest BCUT2D eigenvalue weighted by atomic mass is 16.5. The molecule has 1 rings (SSSR count). The SMILES string of the molecule is Cc1ccc(OCC(=O)NNC(=O)C(C)C)c(C)c1. The van der Waals surface area contributed by atoms with E-state index >= 15 is 0 Å². The molecule has 5 heteroatoms. The van der Waals surface area contributed by atoms with Gasteiger partial charge < -0.3 is 4.74 Å². The Bertz CT molecular complexity index is 470. The lowest BCUT2D eigenvalue weighted by Gasteiger charge is -2.11. The molecule has 0 radical (unpaired) electrons. The van der Waals surface area contributed by atoms with E-state index in [0.29, 0.717) is 5.75 Å². The van der Waals surface area contributed by atoms with Gasteiger partial charge in [-0.25, -0.2) is 0 Å². The smallest absolute Gasteiger partial charge is 0.276 e. The number of nitrogens with one attached hydrogen (secondary N) is 2. The average Bonchev–Trinajstić information content (AvgIpc) is 2.34. The maximum absolute atomic E-state index is 11.5. The van der Waals surface area contributed by atoms with Crippen LogP contribution < -0.4 is 15.6 Å². The monoisotopic (exact) mass is 264 g/mol. The first-order chi connectivity index (χ1) is 8.90. The van der Waals surface area contributed by atoms with E-state index in [-0.39, 0.29) is 18.4 Å². The summed E-state index contributed by atoms with van der Waals surface area (Å²) in [4.78, 5) is 22.7. The lowest BCUT2D eigenvalue weighted by atomic mass is 10.1. The van der Waals surface area contributed by atoms with Gasteiger partial charge in [0.05, 0.1) is 0 Å². The fraction of sp³-hybridized carbons (Fsp3) is 0.429. The highest BCUT2D eigenvalue weighted by molar-refractivity contribution is 5.83. The third-order valence-electron chi connectivity index (χ3n) is 2.54. The molecule has 0 aliphatic heterocycles. The van der Waals surface area contributed by atoms with E-state index in [1.807, 2.05) is 32.0 Å². The molecule has 0 saturated carbocycles. The summed E-state index contributed by atoms with van der Waals surface area (Å²) in [6.45, 7) is 7.26. The molecule has 0 aliphatic rings. The highest BCUT2D eigenvalue weighted by Crippen LogP contribution is 2.18. The van der Waals surface area contributed by atoms with Gasteiger partial charge in [-0.05, 0) is 25.5 Å². The van der Waals surface area contributed by atoms with Crippen LogP contribution in [-0.4, -0.2) is 18.4 Å². The number of aryl methyl sites for hydroxylation is 2. The van der Waals surface area contributed by atoms with Crippen LogP contribution in [0.25, 0.3) is 0 Å². The minimum Gasteiger partial charge on any atom is -0.483 e. The van der Waals surface area contributed by atoms with E-state index in [1.54, 1.807) is 13.8 Å². The largest absolute Gasteiger partial charge is 0.483 e. The molecule has 0 fully saturated rings. The van der Waals surface area contributed by atoms with Crippen LogP contribution in [0.4, 0.5) is 0 Å². The van der Waals surface area contributed by atoms with Crippen LogP contribution in [0, 0.1) is 19.8 Å². The summed E-state index contributed by atoms with van der Waals surface area (Å²) in [5.41, 5.74) is 6.73. The standard InChI is InChI=1S/C14H20N2O3/c1-9(2)14(18)16-15-13(17)8-19-12-6-5-10(3)7-11(12)4/h5-7,9H,8H2,1-4H3,(H,15,17)(H,16,18). The van der Waals surface area contributed by atoms with Crippen molar-refractivity contribution in [2.45, 2.75) is 27.7 Å². The average molecular weight is 264 g/mol. The van der Waals surface area contributed by atoms with Crippen molar-refractivity contribution >= 4 is 11.8 Å². The molecule has 19 heavy (non-hydrogen) atoms. The van der Waals surface area contributed by atoms with Crippen molar-refractivity contribution in [1.82, 2.24) is 10.9 Å². The number of amides is 2. The fourth-order valence-corrected chi connectivity index (χ4v) is 1.42. The van der Waals surface area contributed by atoms with Crippen LogP contribution in [0.2, 0.25) is 0 Å². The molecule has 0 unspecified atom stereocenters. The number of carbonyl (C=O) groups excluding carboxylic acids is 2. The summed E-state index contributed by atoms with van der Waals surface area (Å²) in [6.07, 6.45) is 0. The van der Waals surface area contributed by atoms with Crippen LogP contribution in [0.1, 0.15) is 25.0 Å². The molecule has 5 nitrogen and oxygen atoms in total. The summed E-state index contributed by atoms with van der Waals surface area (Å²) in [5.74, 6) is -0.148. The molecular formula is C14H20N2O3. The zero-order chi connectivity index (χ0) is 14.4. The number of ether oxygens (including phenoxy) is 1. The topological polar surface area (TPSA) is 67.4 Å². The summed E-state index contributed by atoms with van der Waals surface area (Å²) in [5, 5.41) is 0. The van der Waals surface area contributed by atoms with E-state index in [0.717, 1.165) is 11.1 Å². The van der Waals surface area contributed by atoms with Gasteiger partial charge in [-0.15, -0.1) is 0 Å². The Morgan fingerprint density at radius 2 is 1.89 bits per heavy atom. The van der Waals surface area contributed by atoms with Gasteiger partial charge in [-0.3, -0.25) is 20.4 Å². The van der Waals surface area contributed by atoms with Gasteiger partial charge in [0.15, 0.2) is 6.61 Å². The molecule has 104 valence electrons. The number of hydrogen-bond acceptors (Lipinski definition) is 3. The Labute approximate surface area is 113 Å². The number of hydrogen-bond donors (Lipinski definition) is 2. The van der Waals surface area contributed by atoms with Gasteiger partial charge in [0.25, 0.3) is 5.91 Å². The third kappa shape index (κ3) is 4.99. The molecule has 2 amide bonds. The van der Waals surface area contributed by atoms with Gasteiger partial charge in [0, 0.05) is 5.92 Å². The van der Waals surface area contributed by atoms with E-state index in [4.69, 9.17) is 4.74 Å². The van der Waals surface area contributed by atoms with Crippen LogP contribution in [0.3, 0.4) is 0 Å². The van der Waals surface area contributed by atoms with Gasteiger partial charge in [-0.2, -0.15) is 0 Å². The van der Waals surface area contributed by atoms with Gasteiger partial charge in [0.2, 0.25) is 5.91 Å². The van der Waals surface area contributed by atoms with Crippen molar-refractivity contribution in [2.24, 2.45) is 5.92 Å². The lowest BCUT2D eigenvalue weighted by molar-refractivity contribution is -0.131. The van der Waals surface area contributed by atoms with E-state index < -0.39 is 5.91 Å². The van der Waals surface area contributed by atoms with E-state index in [2.05, 4.69) is 10.9 Å². The minimum atomic E-state index is -0.394. The number of carbonyl (C=O) groups is 2. The van der Waals surface area contributed by atoms with Crippen molar-refractivity contribution in [1.29, 1.82) is 0 Å². The van der Waals surface area contributed by atoms with Gasteiger partial charge >= 0.3 is 0 Å². The first-order valence-electron chi connectivity index (χ1n) is 6.19. The predicted molar refractivity (Wildman–Crippen MR) is 72.5 cm³/mol. The highest BCUT2D eigenvalue weighted by Gasteiger charge is 2.09. The molecule has 0 aliphatic carbocycles. The first kappa shape index (κ1) is 15.0. The second-order valence-corrected chi connectivity index (χ2v) is 4.75. The first-order valence-corrected chi connectivity index (χ1v) is 6.19. The lowest BCUT2D eigenvalue weighted by Crippen LogP contribution is -2.45. The summed E-state index contributed by atoms with van der Waals surface area (Å²) in [6, 6.07) is 5.72. The van der Waals surface area contributed by atoms with Gasteiger partial charge in [-0.1, -0.05) is 31.5 Å².